The van der Waals surface area contributed by atoms with Crippen LogP contribution in [0.4, 0.5) is 0 Å². The summed E-state index contributed by atoms with van der Waals surface area (Å²) >= 11 is 1.45. The van der Waals surface area contributed by atoms with Gasteiger partial charge in [-0.3, -0.25) is 4.40 Å². The Morgan fingerprint density at radius 3 is 3.00 bits per heavy atom. The molecule has 0 fully saturated rings. The van der Waals surface area contributed by atoms with Crippen LogP contribution in [0.5, 0.6) is 5.75 Å². The molecule has 1 aromatic carbocycles. The van der Waals surface area contributed by atoms with Crippen molar-refractivity contribution in [2.24, 2.45) is 0 Å². The second-order valence-corrected chi connectivity index (χ2v) is 4.83. The van der Waals surface area contributed by atoms with Crippen LogP contribution >= 0.6 is 11.8 Å². The molecule has 0 amide bonds. The maximum absolute atomic E-state index is 9.44. The number of nitrogens with zero attached hydrogens (tertiary/aromatic N) is 4. The third-order valence-electron chi connectivity index (χ3n) is 2.50. The minimum atomic E-state index is 0.240. The number of hydrogen-bond donors (Lipinski definition) is 1. The molecular weight excluding hydrogens is 248 g/mol. The van der Waals surface area contributed by atoms with Crippen LogP contribution in [0.15, 0.2) is 46.6 Å². The van der Waals surface area contributed by atoms with E-state index in [4.69, 9.17) is 0 Å². The average molecular weight is 258 g/mol. The molecule has 0 atom stereocenters. The van der Waals surface area contributed by atoms with Crippen molar-refractivity contribution in [1.82, 2.24) is 19.6 Å². The van der Waals surface area contributed by atoms with E-state index in [1.165, 1.54) is 11.8 Å². The summed E-state index contributed by atoms with van der Waals surface area (Å²) in [6, 6.07) is 7.05. The summed E-state index contributed by atoms with van der Waals surface area (Å²) in [6.45, 7) is 1.89. The molecule has 0 aliphatic rings. The van der Waals surface area contributed by atoms with Gasteiger partial charge in [-0.1, -0.05) is 17.8 Å². The number of aryl methyl sites for hydroxylation is 1. The van der Waals surface area contributed by atoms with Crippen molar-refractivity contribution in [2.45, 2.75) is 16.8 Å². The van der Waals surface area contributed by atoms with Crippen molar-refractivity contribution < 1.29 is 5.11 Å². The number of benzene rings is 1. The van der Waals surface area contributed by atoms with Gasteiger partial charge in [-0.05, 0) is 25.1 Å². The highest BCUT2D eigenvalue weighted by atomic mass is 32.2. The molecule has 6 heteroatoms. The number of aromatic hydroxyl groups is 1. The third kappa shape index (κ3) is 1.91. The fourth-order valence-electron chi connectivity index (χ4n) is 1.65. The third-order valence-corrected chi connectivity index (χ3v) is 3.47. The van der Waals surface area contributed by atoms with Crippen LogP contribution < -0.4 is 0 Å². The van der Waals surface area contributed by atoms with E-state index in [1.54, 1.807) is 24.4 Å². The highest BCUT2D eigenvalue weighted by Crippen LogP contribution is 2.30. The maximum Gasteiger partial charge on any atom is 0.193 e. The Morgan fingerprint density at radius 2 is 2.17 bits per heavy atom. The molecule has 3 rings (SSSR count). The largest absolute Gasteiger partial charge is 0.508 e. The smallest absolute Gasteiger partial charge is 0.193 e. The predicted octanol–water partition coefficient (Wildman–Crippen LogP) is 2.29. The molecule has 0 bridgehead atoms. The second-order valence-electron chi connectivity index (χ2n) is 3.77. The monoisotopic (exact) mass is 258 g/mol. The molecule has 18 heavy (non-hydrogen) atoms. The first kappa shape index (κ1) is 11.0. The number of rotatable bonds is 2. The summed E-state index contributed by atoms with van der Waals surface area (Å²) < 4.78 is 1.89. The van der Waals surface area contributed by atoms with Gasteiger partial charge in [0.25, 0.3) is 0 Å². The highest BCUT2D eigenvalue weighted by Gasteiger charge is 2.09. The van der Waals surface area contributed by atoms with Crippen LogP contribution in [0.25, 0.3) is 5.65 Å². The second kappa shape index (κ2) is 4.30. The van der Waals surface area contributed by atoms with Gasteiger partial charge < -0.3 is 5.11 Å². The number of fused-ring (bicyclic) bond motifs is 1. The molecule has 0 spiro atoms. The van der Waals surface area contributed by atoms with Crippen LogP contribution in [0.3, 0.4) is 0 Å². The van der Waals surface area contributed by atoms with Crippen LogP contribution in [0.1, 0.15) is 5.82 Å². The van der Waals surface area contributed by atoms with E-state index < -0.39 is 0 Å². The Labute approximate surface area is 108 Å². The van der Waals surface area contributed by atoms with Crippen LogP contribution in [-0.4, -0.2) is 24.7 Å². The van der Waals surface area contributed by atoms with Crippen LogP contribution in [-0.2, 0) is 0 Å². The van der Waals surface area contributed by atoms with E-state index in [0.717, 1.165) is 21.4 Å². The summed E-state index contributed by atoms with van der Waals surface area (Å²) in [4.78, 5) is 5.22. The minimum absolute atomic E-state index is 0.240. The van der Waals surface area contributed by atoms with Crippen molar-refractivity contribution in [2.75, 3.05) is 0 Å². The minimum Gasteiger partial charge on any atom is -0.508 e. The number of hydrogen-bond acceptors (Lipinski definition) is 5. The number of phenols is 1. The summed E-state index contributed by atoms with van der Waals surface area (Å²) in [6.07, 6.45) is 3.55. The average Bonchev–Trinajstić information content (AvgIpc) is 2.73. The summed E-state index contributed by atoms with van der Waals surface area (Å²) in [7, 11) is 0. The molecule has 0 saturated carbocycles. The summed E-state index contributed by atoms with van der Waals surface area (Å²) in [5.41, 5.74) is 0.725. The van der Waals surface area contributed by atoms with Gasteiger partial charge in [0.05, 0.1) is 0 Å². The first-order valence-electron chi connectivity index (χ1n) is 5.37. The zero-order chi connectivity index (χ0) is 12.5. The normalized spacial score (nSPS) is 10.9. The SMILES string of the molecule is Cc1nnc2c(Sc3cccc(O)c3)nccn12. The molecule has 0 radical (unpaired) electrons. The Hall–Kier alpha value is -2.08. The molecule has 5 nitrogen and oxygen atoms in total. The lowest BCUT2D eigenvalue weighted by Crippen LogP contribution is -1.91. The molecule has 90 valence electrons. The fraction of sp³-hybridized carbons (Fsp3) is 0.0833. The van der Waals surface area contributed by atoms with Crippen LogP contribution in [0.2, 0.25) is 0 Å². The first-order valence-corrected chi connectivity index (χ1v) is 6.19. The zero-order valence-corrected chi connectivity index (χ0v) is 10.4. The van der Waals surface area contributed by atoms with Crippen molar-refractivity contribution in [3.8, 4) is 5.75 Å². The lowest BCUT2D eigenvalue weighted by atomic mass is 10.3. The molecule has 0 saturated heterocycles. The van der Waals surface area contributed by atoms with Gasteiger partial charge in [0, 0.05) is 17.3 Å². The van der Waals surface area contributed by atoms with E-state index in [-0.39, 0.29) is 5.75 Å². The Kier molecular flexibility index (Phi) is 2.64. The predicted molar refractivity (Wildman–Crippen MR) is 67.7 cm³/mol. The first-order chi connectivity index (χ1) is 8.74. The molecule has 0 aliphatic carbocycles. The van der Waals surface area contributed by atoms with Gasteiger partial charge in [-0.25, -0.2) is 4.98 Å². The van der Waals surface area contributed by atoms with Crippen molar-refractivity contribution >= 4 is 17.4 Å². The summed E-state index contributed by atoms with van der Waals surface area (Å²) in [5, 5.41) is 18.3. The van der Waals surface area contributed by atoms with Gasteiger partial charge in [-0.15, -0.1) is 10.2 Å². The molecule has 1 N–H and O–H groups in total. The topological polar surface area (TPSA) is 63.3 Å². The molecule has 0 unspecified atom stereocenters. The molecule has 2 aromatic heterocycles. The van der Waals surface area contributed by atoms with Gasteiger partial charge in [0.1, 0.15) is 16.6 Å². The maximum atomic E-state index is 9.44. The molecule has 2 heterocycles. The number of phenolic OH excluding ortho intramolecular Hbond substituents is 1. The lowest BCUT2D eigenvalue weighted by molar-refractivity contribution is 0.474. The van der Waals surface area contributed by atoms with Gasteiger partial charge in [0.15, 0.2) is 5.65 Å². The standard InChI is InChI=1S/C12H10N4OS/c1-8-14-15-11-12(13-5-6-16(8)11)18-10-4-2-3-9(17)7-10/h2-7,17H,1H3. The molecule has 0 aliphatic heterocycles. The quantitative estimate of drug-likeness (QED) is 0.764. The Bertz CT molecular complexity index is 710. The van der Waals surface area contributed by atoms with Crippen LogP contribution in [0, 0.1) is 6.92 Å². The molecule has 3 aromatic rings. The van der Waals surface area contributed by atoms with Gasteiger partial charge in [-0.2, -0.15) is 0 Å². The highest BCUT2D eigenvalue weighted by molar-refractivity contribution is 7.99. The fourth-order valence-corrected chi connectivity index (χ4v) is 2.54. The molecular formula is C12H10N4OS. The van der Waals surface area contributed by atoms with Crippen molar-refractivity contribution in [3.63, 3.8) is 0 Å². The Morgan fingerprint density at radius 1 is 1.28 bits per heavy atom. The van der Waals surface area contributed by atoms with Gasteiger partial charge >= 0.3 is 0 Å². The summed E-state index contributed by atoms with van der Waals surface area (Å²) in [5.74, 6) is 1.06. The zero-order valence-electron chi connectivity index (χ0n) is 9.61. The van der Waals surface area contributed by atoms with Gasteiger partial charge in [0.2, 0.25) is 0 Å². The number of aromatic nitrogens is 4. The Balaban J connectivity index is 2.05. The van der Waals surface area contributed by atoms with E-state index in [9.17, 15) is 5.11 Å². The van der Waals surface area contributed by atoms with E-state index >= 15 is 0 Å². The lowest BCUT2D eigenvalue weighted by Gasteiger charge is -2.02. The van der Waals surface area contributed by atoms with E-state index in [0.29, 0.717) is 0 Å². The van der Waals surface area contributed by atoms with E-state index in [1.807, 2.05) is 23.6 Å². The van der Waals surface area contributed by atoms with E-state index in [2.05, 4.69) is 15.2 Å². The van der Waals surface area contributed by atoms with Crippen molar-refractivity contribution in [1.29, 1.82) is 0 Å². The van der Waals surface area contributed by atoms with Crippen molar-refractivity contribution in [3.05, 3.63) is 42.5 Å².